The average Bonchev–Trinajstić information content (AvgIpc) is 2.71. The highest BCUT2D eigenvalue weighted by Gasteiger charge is 2.20. The van der Waals surface area contributed by atoms with Gasteiger partial charge in [0.1, 0.15) is 11.4 Å². The molecule has 0 atom stereocenters. The van der Waals surface area contributed by atoms with Gasteiger partial charge in [0.15, 0.2) is 0 Å². The average molecular weight is 367 g/mol. The van der Waals surface area contributed by atoms with Gasteiger partial charge in [0.05, 0.1) is 0 Å². The van der Waals surface area contributed by atoms with E-state index in [0.29, 0.717) is 37.6 Å². The lowest BCUT2D eigenvalue weighted by Crippen LogP contribution is -2.34. The lowest BCUT2D eigenvalue weighted by Gasteiger charge is -2.22. The minimum atomic E-state index is -0.159. The first-order chi connectivity index (χ1) is 13.1. The molecule has 0 aliphatic rings. The molecule has 5 heteroatoms. The van der Waals surface area contributed by atoms with Crippen molar-refractivity contribution in [3.05, 3.63) is 65.5 Å². The molecule has 2 aromatic rings. The topological polar surface area (TPSA) is 53.5 Å². The number of hydrogen-bond donors (Lipinski definition) is 0. The van der Waals surface area contributed by atoms with E-state index < -0.39 is 0 Å². The van der Waals surface area contributed by atoms with Gasteiger partial charge in [-0.3, -0.25) is 9.59 Å². The highest BCUT2D eigenvalue weighted by atomic mass is 16.2. The van der Waals surface area contributed by atoms with Crippen LogP contribution in [0.4, 0.5) is 0 Å². The number of carbonyl (C=O) groups is 2. The molecule has 0 saturated heterocycles. The van der Waals surface area contributed by atoms with Crippen molar-refractivity contribution in [3.8, 4) is 0 Å². The number of rotatable bonds is 9. The van der Waals surface area contributed by atoms with Gasteiger partial charge in [-0.2, -0.15) is 0 Å². The van der Waals surface area contributed by atoms with Crippen LogP contribution in [0.2, 0.25) is 0 Å². The summed E-state index contributed by atoms with van der Waals surface area (Å²) in [6.45, 7) is 8.53. The molecular weight excluding hydrogens is 338 g/mol. The summed E-state index contributed by atoms with van der Waals surface area (Å²) in [5, 5.41) is 0. The van der Waals surface area contributed by atoms with Crippen LogP contribution in [0.1, 0.15) is 60.2 Å². The maximum Gasteiger partial charge on any atom is 0.272 e. The molecule has 1 aromatic heterocycles. The van der Waals surface area contributed by atoms with Crippen LogP contribution in [0.15, 0.2) is 48.5 Å². The van der Waals surface area contributed by atoms with E-state index in [9.17, 15) is 9.59 Å². The highest BCUT2D eigenvalue weighted by Crippen LogP contribution is 2.11. The molecular formula is C22H29N3O2. The fourth-order valence-electron chi connectivity index (χ4n) is 2.98. The maximum atomic E-state index is 12.9. The van der Waals surface area contributed by atoms with E-state index in [0.717, 1.165) is 18.4 Å². The number of nitrogens with zero attached hydrogens (tertiary/aromatic N) is 3. The summed E-state index contributed by atoms with van der Waals surface area (Å²) in [6.07, 6.45) is 1.79. The number of amides is 2. The summed E-state index contributed by atoms with van der Waals surface area (Å²) >= 11 is 0. The molecule has 27 heavy (non-hydrogen) atoms. The van der Waals surface area contributed by atoms with Gasteiger partial charge in [-0.25, -0.2) is 4.98 Å². The standard InChI is InChI=1S/C22H29N3O2/c1-4-15-25(16-5-2)22(27)20-14-10-13-19(23-20)21(26)24(6-3)17-18-11-8-7-9-12-18/h7-14H,4-6,15-17H2,1-3H3. The van der Waals surface area contributed by atoms with E-state index >= 15 is 0 Å². The second-order valence-electron chi connectivity index (χ2n) is 6.51. The number of hydrogen-bond acceptors (Lipinski definition) is 3. The van der Waals surface area contributed by atoms with Crippen molar-refractivity contribution >= 4 is 11.8 Å². The first-order valence-electron chi connectivity index (χ1n) is 9.70. The van der Waals surface area contributed by atoms with Gasteiger partial charge >= 0.3 is 0 Å². The van der Waals surface area contributed by atoms with Crippen molar-refractivity contribution < 1.29 is 9.59 Å². The zero-order valence-electron chi connectivity index (χ0n) is 16.5. The monoisotopic (exact) mass is 367 g/mol. The van der Waals surface area contributed by atoms with Gasteiger partial charge in [0.2, 0.25) is 0 Å². The van der Waals surface area contributed by atoms with Crippen LogP contribution in [-0.2, 0) is 6.54 Å². The third-order valence-corrected chi connectivity index (χ3v) is 4.35. The molecule has 0 radical (unpaired) electrons. The smallest absolute Gasteiger partial charge is 0.272 e. The second kappa shape index (κ2) is 10.5. The van der Waals surface area contributed by atoms with Crippen LogP contribution in [-0.4, -0.2) is 46.2 Å². The minimum Gasteiger partial charge on any atom is -0.337 e. The Bertz CT molecular complexity index is 740. The van der Waals surface area contributed by atoms with E-state index in [4.69, 9.17) is 0 Å². The van der Waals surface area contributed by atoms with Crippen LogP contribution in [0.5, 0.6) is 0 Å². The van der Waals surface area contributed by atoms with Crippen LogP contribution in [0, 0.1) is 0 Å². The Kier molecular flexibility index (Phi) is 7.99. The van der Waals surface area contributed by atoms with Crippen molar-refractivity contribution in [2.24, 2.45) is 0 Å². The summed E-state index contributed by atoms with van der Waals surface area (Å²) in [5.41, 5.74) is 1.71. The van der Waals surface area contributed by atoms with E-state index in [1.165, 1.54) is 0 Å². The van der Waals surface area contributed by atoms with E-state index in [1.54, 1.807) is 28.0 Å². The number of aromatic nitrogens is 1. The van der Waals surface area contributed by atoms with Crippen LogP contribution >= 0.6 is 0 Å². The third kappa shape index (κ3) is 5.64. The summed E-state index contributed by atoms with van der Waals surface area (Å²) in [4.78, 5) is 33.6. The molecule has 0 saturated carbocycles. The first kappa shape index (κ1) is 20.6. The van der Waals surface area contributed by atoms with Crippen molar-refractivity contribution in [3.63, 3.8) is 0 Å². The van der Waals surface area contributed by atoms with Gasteiger partial charge in [-0.15, -0.1) is 0 Å². The molecule has 5 nitrogen and oxygen atoms in total. The molecule has 144 valence electrons. The summed E-state index contributed by atoms with van der Waals surface area (Å²) in [6, 6.07) is 15.0. The first-order valence-corrected chi connectivity index (χ1v) is 9.70. The predicted octanol–water partition coefficient (Wildman–Crippen LogP) is 4.01. The Morgan fingerprint density at radius 2 is 1.33 bits per heavy atom. The van der Waals surface area contributed by atoms with Gasteiger partial charge in [-0.1, -0.05) is 50.2 Å². The van der Waals surface area contributed by atoms with Gasteiger partial charge in [-0.05, 0) is 37.5 Å². The third-order valence-electron chi connectivity index (χ3n) is 4.35. The van der Waals surface area contributed by atoms with Crippen LogP contribution in [0.25, 0.3) is 0 Å². The number of carbonyl (C=O) groups excluding carboxylic acids is 2. The molecule has 0 N–H and O–H groups in total. The number of pyridine rings is 1. The molecule has 0 spiro atoms. The normalized spacial score (nSPS) is 10.5. The Morgan fingerprint density at radius 1 is 0.778 bits per heavy atom. The maximum absolute atomic E-state index is 12.9. The molecule has 0 bridgehead atoms. The van der Waals surface area contributed by atoms with Crippen molar-refractivity contribution in [1.82, 2.24) is 14.8 Å². The van der Waals surface area contributed by atoms with Crippen molar-refractivity contribution in [2.75, 3.05) is 19.6 Å². The van der Waals surface area contributed by atoms with E-state index in [-0.39, 0.29) is 11.8 Å². The van der Waals surface area contributed by atoms with Gasteiger partial charge < -0.3 is 9.80 Å². The zero-order valence-corrected chi connectivity index (χ0v) is 16.5. The van der Waals surface area contributed by atoms with E-state index in [2.05, 4.69) is 4.98 Å². The predicted molar refractivity (Wildman–Crippen MR) is 108 cm³/mol. The Balaban J connectivity index is 2.19. The molecule has 0 fully saturated rings. The lowest BCUT2D eigenvalue weighted by atomic mass is 10.2. The van der Waals surface area contributed by atoms with Gasteiger partial charge in [0.25, 0.3) is 11.8 Å². The second-order valence-corrected chi connectivity index (χ2v) is 6.51. The fourth-order valence-corrected chi connectivity index (χ4v) is 2.98. The zero-order chi connectivity index (χ0) is 19.6. The highest BCUT2D eigenvalue weighted by molar-refractivity contribution is 5.96. The number of benzene rings is 1. The van der Waals surface area contributed by atoms with Crippen LogP contribution < -0.4 is 0 Å². The molecule has 0 unspecified atom stereocenters. The fraction of sp³-hybridized carbons (Fsp3) is 0.409. The quantitative estimate of drug-likeness (QED) is 0.673. The Labute approximate surface area is 162 Å². The van der Waals surface area contributed by atoms with E-state index in [1.807, 2.05) is 51.1 Å². The summed E-state index contributed by atoms with van der Waals surface area (Å²) < 4.78 is 0. The molecule has 0 aliphatic heterocycles. The lowest BCUT2D eigenvalue weighted by molar-refractivity contribution is 0.0740. The molecule has 1 heterocycles. The molecule has 1 aromatic carbocycles. The largest absolute Gasteiger partial charge is 0.337 e. The Hall–Kier alpha value is -2.69. The minimum absolute atomic E-state index is 0.112. The Morgan fingerprint density at radius 3 is 1.85 bits per heavy atom. The molecule has 2 rings (SSSR count). The molecule has 0 aliphatic carbocycles. The summed E-state index contributed by atoms with van der Waals surface area (Å²) in [7, 11) is 0. The summed E-state index contributed by atoms with van der Waals surface area (Å²) in [5.74, 6) is -0.270. The molecule has 2 amide bonds. The van der Waals surface area contributed by atoms with Crippen LogP contribution in [0.3, 0.4) is 0 Å². The van der Waals surface area contributed by atoms with Crippen molar-refractivity contribution in [1.29, 1.82) is 0 Å². The van der Waals surface area contributed by atoms with Crippen molar-refractivity contribution in [2.45, 2.75) is 40.2 Å². The SMILES string of the molecule is CCCN(CCC)C(=O)c1cccc(C(=O)N(CC)Cc2ccccc2)n1. The van der Waals surface area contributed by atoms with Gasteiger partial charge in [0, 0.05) is 26.2 Å².